The fourth-order valence-electron chi connectivity index (χ4n) is 5.69. The van der Waals surface area contributed by atoms with Crippen LogP contribution in [0.4, 0.5) is 5.69 Å². The molecule has 3 aliphatic rings. The maximum Gasteiger partial charge on any atom is 0.240 e. The minimum absolute atomic E-state index is 0.0608. The van der Waals surface area contributed by atoms with Gasteiger partial charge in [-0.2, -0.15) is 0 Å². The van der Waals surface area contributed by atoms with Gasteiger partial charge in [-0.05, 0) is 43.7 Å². The van der Waals surface area contributed by atoms with Gasteiger partial charge in [-0.1, -0.05) is 72.4 Å². The van der Waals surface area contributed by atoms with E-state index in [2.05, 4.69) is 52.3 Å². The van der Waals surface area contributed by atoms with Crippen molar-refractivity contribution in [1.29, 1.82) is 0 Å². The Morgan fingerprint density at radius 2 is 1.50 bits per heavy atom. The second-order valence-corrected chi connectivity index (χ2v) is 11.5. The van der Waals surface area contributed by atoms with Gasteiger partial charge in [-0.25, -0.2) is 4.99 Å². The van der Waals surface area contributed by atoms with Crippen molar-refractivity contribution in [3.05, 3.63) is 90.0 Å². The van der Waals surface area contributed by atoms with Gasteiger partial charge in [0.15, 0.2) is 0 Å². The van der Waals surface area contributed by atoms with Crippen molar-refractivity contribution in [2.75, 3.05) is 39.3 Å². The van der Waals surface area contributed by atoms with Crippen LogP contribution in [0.3, 0.4) is 0 Å². The topological polar surface area (TPSA) is 56.2 Å². The molecule has 6 nitrogen and oxygen atoms in total. The molecule has 2 saturated heterocycles. The zero-order chi connectivity index (χ0) is 26.1. The summed E-state index contributed by atoms with van der Waals surface area (Å²) >= 11 is 1.78. The predicted octanol–water partition coefficient (Wildman–Crippen LogP) is 4.95. The largest absolute Gasteiger partial charge is 0.354 e. The van der Waals surface area contributed by atoms with E-state index in [0.29, 0.717) is 6.54 Å². The first-order chi connectivity index (χ1) is 18.5. The van der Waals surface area contributed by atoms with Crippen molar-refractivity contribution in [3.8, 4) is 0 Å². The van der Waals surface area contributed by atoms with E-state index in [9.17, 15) is 9.59 Å². The number of likely N-dealkylation sites (tertiary alicyclic amines) is 1. The second-order valence-electron chi connectivity index (χ2n) is 10.4. The normalized spacial score (nSPS) is 21.7. The van der Waals surface area contributed by atoms with Crippen molar-refractivity contribution < 1.29 is 9.59 Å². The number of carbonyl (C=O) groups is 2. The summed E-state index contributed by atoms with van der Waals surface area (Å²) in [6, 6.07) is 26.6. The average Bonchev–Trinajstić information content (AvgIpc) is 3.08. The van der Waals surface area contributed by atoms with E-state index < -0.39 is 5.41 Å². The van der Waals surface area contributed by atoms with Crippen molar-refractivity contribution in [1.82, 2.24) is 14.7 Å². The van der Waals surface area contributed by atoms with Gasteiger partial charge in [0.2, 0.25) is 11.8 Å². The molecular weight excluding hydrogens is 492 g/mol. The van der Waals surface area contributed by atoms with E-state index in [-0.39, 0.29) is 18.2 Å². The van der Waals surface area contributed by atoms with Crippen molar-refractivity contribution >= 4 is 35.1 Å². The molecule has 1 atom stereocenters. The minimum atomic E-state index is -0.753. The fourth-order valence-corrected chi connectivity index (χ4v) is 6.71. The third-order valence-corrected chi connectivity index (χ3v) is 9.04. The Morgan fingerprint density at radius 3 is 2.29 bits per heavy atom. The van der Waals surface area contributed by atoms with Crippen LogP contribution in [0, 0.1) is 0 Å². The molecule has 0 bridgehead atoms. The summed E-state index contributed by atoms with van der Waals surface area (Å²) in [6.07, 6.45) is 1.04. The van der Waals surface area contributed by atoms with Gasteiger partial charge < -0.3 is 4.90 Å². The van der Waals surface area contributed by atoms with Crippen LogP contribution in [0.2, 0.25) is 0 Å². The molecule has 0 saturated carbocycles. The molecule has 0 N–H and O–H groups in total. The van der Waals surface area contributed by atoms with Gasteiger partial charge in [-0.15, -0.1) is 0 Å². The number of hydrogen-bond donors (Lipinski definition) is 0. The Labute approximate surface area is 228 Å². The molecule has 194 valence electrons. The molecule has 0 radical (unpaired) electrons. The number of para-hydroxylation sites is 1. The van der Waals surface area contributed by atoms with Gasteiger partial charge in [-0.3, -0.25) is 19.4 Å². The van der Waals surface area contributed by atoms with E-state index in [0.717, 1.165) is 56.2 Å². The summed E-state index contributed by atoms with van der Waals surface area (Å²) in [6.45, 7) is 6.90. The Hall–Kier alpha value is -3.42. The number of aliphatic imine (C=N–C) groups is 1. The number of rotatable bonds is 5. The lowest BCUT2D eigenvalue weighted by Crippen LogP contribution is -2.49. The van der Waals surface area contributed by atoms with Crippen molar-refractivity contribution in [2.45, 2.75) is 35.0 Å². The quantitative estimate of drug-likeness (QED) is 0.442. The monoisotopic (exact) mass is 524 g/mol. The van der Waals surface area contributed by atoms with Crippen LogP contribution in [-0.4, -0.2) is 71.6 Å². The summed E-state index contributed by atoms with van der Waals surface area (Å²) in [5, 5.41) is 0. The van der Waals surface area contributed by atoms with Crippen molar-refractivity contribution in [3.63, 3.8) is 0 Å². The number of benzene rings is 3. The highest BCUT2D eigenvalue weighted by atomic mass is 32.2. The molecule has 7 heteroatoms. The number of imide groups is 1. The molecule has 3 aromatic carbocycles. The first kappa shape index (κ1) is 24.9. The standard InChI is InChI=1S/C31H32N4O2S/c1-31(23-10-3-2-4-11-23)22-28(36)35(30(31)37)17-9-16-33-18-20-34(21-19-33)29-24-12-5-7-14-26(24)38-27-15-8-6-13-25(27)32-29/h2-8,10-15H,9,16-22H2,1H3. The number of piperazine rings is 1. The predicted molar refractivity (Wildman–Crippen MR) is 151 cm³/mol. The van der Waals surface area contributed by atoms with Crippen LogP contribution in [0.1, 0.15) is 30.9 Å². The molecule has 6 rings (SSSR count). The van der Waals surface area contributed by atoms with E-state index in [4.69, 9.17) is 4.99 Å². The summed E-state index contributed by atoms with van der Waals surface area (Å²) in [5.74, 6) is 0.919. The molecule has 3 heterocycles. The highest BCUT2D eigenvalue weighted by Gasteiger charge is 2.48. The molecule has 0 spiro atoms. The molecule has 38 heavy (non-hydrogen) atoms. The Balaban J connectivity index is 1.07. The zero-order valence-corrected chi connectivity index (χ0v) is 22.5. The molecule has 0 aromatic heterocycles. The number of amides is 2. The Kier molecular flexibility index (Phi) is 6.80. The maximum absolute atomic E-state index is 13.2. The summed E-state index contributed by atoms with van der Waals surface area (Å²) in [5.41, 5.74) is 2.38. The van der Waals surface area contributed by atoms with Crippen LogP contribution in [0.25, 0.3) is 0 Å². The Bertz CT molecular complexity index is 1380. The number of nitrogens with zero attached hydrogens (tertiary/aromatic N) is 4. The lowest BCUT2D eigenvalue weighted by Gasteiger charge is -2.37. The zero-order valence-electron chi connectivity index (χ0n) is 21.7. The lowest BCUT2D eigenvalue weighted by atomic mass is 9.81. The van der Waals surface area contributed by atoms with Crippen LogP contribution in [0.15, 0.2) is 93.6 Å². The van der Waals surface area contributed by atoms with Crippen molar-refractivity contribution in [2.24, 2.45) is 4.99 Å². The fraction of sp³-hybridized carbons (Fsp3) is 0.323. The molecule has 0 aliphatic carbocycles. The SMILES string of the molecule is CC1(c2ccccc2)CC(=O)N(CCCN2CCN(C3=Nc4ccccc4Sc4ccccc43)CC2)C1=O. The lowest BCUT2D eigenvalue weighted by molar-refractivity contribution is -0.139. The number of hydrogen-bond acceptors (Lipinski definition) is 6. The second kappa shape index (κ2) is 10.4. The van der Waals surface area contributed by atoms with Gasteiger partial charge in [0.25, 0.3) is 0 Å². The molecule has 2 fully saturated rings. The smallest absolute Gasteiger partial charge is 0.240 e. The van der Waals surface area contributed by atoms with Crippen LogP contribution in [-0.2, 0) is 15.0 Å². The third kappa shape index (κ3) is 4.65. The molecule has 3 aliphatic heterocycles. The number of amidine groups is 1. The van der Waals surface area contributed by atoms with Crippen LogP contribution < -0.4 is 0 Å². The third-order valence-electron chi connectivity index (χ3n) is 7.90. The maximum atomic E-state index is 13.2. The first-order valence-electron chi connectivity index (χ1n) is 13.4. The summed E-state index contributed by atoms with van der Waals surface area (Å²) in [4.78, 5) is 39.8. The van der Waals surface area contributed by atoms with Gasteiger partial charge in [0, 0.05) is 54.5 Å². The molecule has 1 unspecified atom stereocenters. The van der Waals surface area contributed by atoms with E-state index in [1.807, 2.05) is 43.3 Å². The number of carbonyl (C=O) groups excluding carboxylic acids is 2. The summed E-state index contributed by atoms with van der Waals surface area (Å²) in [7, 11) is 0. The highest BCUT2D eigenvalue weighted by molar-refractivity contribution is 7.99. The van der Waals surface area contributed by atoms with Gasteiger partial charge in [0.1, 0.15) is 5.84 Å². The molecule has 3 aromatic rings. The first-order valence-corrected chi connectivity index (χ1v) is 14.2. The molecular formula is C31H32N4O2S. The van der Waals surface area contributed by atoms with E-state index in [1.54, 1.807) is 11.8 Å². The van der Waals surface area contributed by atoms with Crippen LogP contribution in [0.5, 0.6) is 0 Å². The highest BCUT2D eigenvalue weighted by Crippen LogP contribution is 2.40. The summed E-state index contributed by atoms with van der Waals surface area (Å²) < 4.78 is 0. The van der Waals surface area contributed by atoms with Gasteiger partial charge >= 0.3 is 0 Å². The Morgan fingerprint density at radius 1 is 0.816 bits per heavy atom. The molecule has 2 amide bonds. The van der Waals surface area contributed by atoms with Gasteiger partial charge in [0.05, 0.1) is 11.1 Å². The number of fused-ring (bicyclic) bond motifs is 2. The van der Waals surface area contributed by atoms with E-state index in [1.165, 1.54) is 20.3 Å². The average molecular weight is 525 g/mol. The minimum Gasteiger partial charge on any atom is -0.354 e. The van der Waals surface area contributed by atoms with Crippen LogP contribution >= 0.6 is 11.8 Å². The van der Waals surface area contributed by atoms with E-state index >= 15 is 0 Å².